The third-order valence-corrected chi connectivity index (χ3v) is 7.22. The van der Waals surface area contributed by atoms with Gasteiger partial charge < -0.3 is 9.80 Å². The van der Waals surface area contributed by atoms with Gasteiger partial charge in [-0.2, -0.15) is 0 Å². The van der Waals surface area contributed by atoms with E-state index in [2.05, 4.69) is 37.5 Å². The Kier molecular flexibility index (Phi) is 9.62. The Labute approximate surface area is 169 Å². The van der Waals surface area contributed by atoms with E-state index in [0.29, 0.717) is 11.3 Å². The number of unbranched alkanes of at least 4 members (excludes halogenated alkanes) is 2. The predicted molar refractivity (Wildman–Crippen MR) is 116 cm³/mol. The Morgan fingerprint density at radius 2 is 1.52 bits per heavy atom. The second-order valence-corrected chi connectivity index (χ2v) is 9.67. The van der Waals surface area contributed by atoms with E-state index in [-0.39, 0.29) is 5.92 Å². The summed E-state index contributed by atoms with van der Waals surface area (Å²) in [5.74, 6) is 1.61. The van der Waals surface area contributed by atoms with Gasteiger partial charge in [-0.25, -0.2) is 0 Å². The van der Waals surface area contributed by atoms with Crippen LogP contribution in [0, 0.1) is 17.3 Å². The van der Waals surface area contributed by atoms with Crippen molar-refractivity contribution in [1.82, 2.24) is 9.80 Å². The predicted octanol–water partition coefficient (Wildman–Crippen LogP) is 5.73. The highest BCUT2D eigenvalue weighted by atomic mass is 16.2. The van der Waals surface area contributed by atoms with Gasteiger partial charge in [-0.3, -0.25) is 4.79 Å². The summed E-state index contributed by atoms with van der Waals surface area (Å²) in [6, 6.07) is 0. The van der Waals surface area contributed by atoms with Crippen molar-refractivity contribution in [3.63, 3.8) is 0 Å². The van der Waals surface area contributed by atoms with Crippen LogP contribution in [0.3, 0.4) is 0 Å². The molecule has 1 spiro atoms. The molecule has 2 fully saturated rings. The van der Waals surface area contributed by atoms with Gasteiger partial charge in [0.15, 0.2) is 0 Å². The van der Waals surface area contributed by atoms with E-state index in [1.54, 1.807) is 0 Å². The Morgan fingerprint density at radius 3 is 2.11 bits per heavy atom. The van der Waals surface area contributed by atoms with Crippen molar-refractivity contribution < 1.29 is 4.79 Å². The maximum Gasteiger partial charge on any atom is 0.225 e. The minimum absolute atomic E-state index is 0.270. The molecule has 0 radical (unpaired) electrons. The van der Waals surface area contributed by atoms with E-state index in [1.807, 2.05) is 0 Å². The number of nitrogens with zero attached hydrogens (tertiary/aromatic N) is 2. The number of piperidine rings is 1. The summed E-state index contributed by atoms with van der Waals surface area (Å²) in [6.45, 7) is 15.0. The van der Waals surface area contributed by atoms with Crippen LogP contribution in [0.25, 0.3) is 0 Å². The molecule has 0 bridgehead atoms. The summed E-state index contributed by atoms with van der Waals surface area (Å²) in [5, 5.41) is 0. The highest BCUT2D eigenvalue weighted by molar-refractivity contribution is 5.78. The van der Waals surface area contributed by atoms with Crippen LogP contribution in [-0.4, -0.2) is 48.4 Å². The molecule has 2 aliphatic heterocycles. The van der Waals surface area contributed by atoms with Gasteiger partial charge in [0.2, 0.25) is 5.91 Å². The molecule has 3 nitrogen and oxygen atoms in total. The van der Waals surface area contributed by atoms with Gasteiger partial charge >= 0.3 is 0 Å². The van der Waals surface area contributed by atoms with Crippen molar-refractivity contribution in [2.45, 2.75) is 98.3 Å². The normalized spacial score (nSPS) is 21.9. The zero-order chi connectivity index (χ0) is 19.7. The number of hydrogen-bond donors (Lipinski definition) is 0. The number of carbonyl (C=O) groups is 1. The quantitative estimate of drug-likeness (QED) is 0.433. The minimum atomic E-state index is 0.270. The van der Waals surface area contributed by atoms with Gasteiger partial charge in [-0.05, 0) is 56.4 Å². The van der Waals surface area contributed by atoms with Crippen LogP contribution in [0.5, 0.6) is 0 Å². The van der Waals surface area contributed by atoms with Gasteiger partial charge in [0.25, 0.3) is 0 Å². The second-order valence-electron chi connectivity index (χ2n) is 9.67. The van der Waals surface area contributed by atoms with E-state index in [4.69, 9.17) is 0 Å². The lowest BCUT2D eigenvalue weighted by Gasteiger charge is -2.54. The topological polar surface area (TPSA) is 23.6 Å². The largest absolute Gasteiger partial charge is 0.342 e. The number of carbonyl (C=O) groups excluding carboxylic acids is 1. The molecule has 0 aromatic rings. The zero-order valence-corrected chi connectivity index (χ0v) is 18.8. The molecular formula is C24H46N2O. The van der Waals surface area contributed by atoms with Crippen molar-refractivity contribution in [1.29, 1.82) is 0 Å². The first-order valence-electron chi connectivity index (χ1n) is 12.0. The zero-order valence-electron chi connectivity index (χ0n) is 18.8. The van der Waals surface area contributed by atoms with Gasteiger partial charge in [-0.15, -0.1) is 0 Å². The fourth-order valence-electron chi connectivity index (χ4n) is 5.15. The molecular weight excluding hydrogens is 332 g/mol. The summed E-state index contributed by atoms with van der Waals surface area (Å²) in [6.07, 6.45) is 13.8. The third kappa shape index (κ3) is 6.76. The van der Waals surface area contributed by atoms with Crippen LogP contribution in [0.15, 0.2) is 0 Å². The van der Waals surface area contributed by atoms with E-state index < -0.39 is 0 Å². The first-order valence-corrected chi connectivity index (χ1v) is 12.0. The number of hydrogen-bond acceptors (Lipinski definition) is 2. The Balaban J connectivity index is 1.63. The molecule has 27 heavy (non-hydrogen) atoms. The van der Waals surface area contributed by atoms with Crippen molar-refractivity contribution in [3.8, 4) is 0 Å². The summed E-state index contributed by atoms with van der Waals surface area (Å²) in [5.41, 5.74) is 0.537. The molecule has 0 saturated carbocycles. The molecule has 2 saturated heterocycles. The van der Waals surface area contributed by atoms with Gasteiger partial charge in [0, 0.05) is 32.1 Å². The molecule has 1 amide bonds. The van der Waals surface area contributed by atoms with Crippen molar-refractivity contribution in [2.24, 2.45) is 17.3 Å². The lowest BCUT2D eigenvalue weighted by molar-refractivity contribution is -0.141. The molecule has 0 aliphatic carbocycles. The molecule has 2 heterocycles. The van der Waals surface area contributed by atoms with Gasteiger partial charge in [-0.1, -0.05) is 59.8 Å². The van der Waals surface area contributed by atoms with E-state index in [0.717, 1.165) is 31.8 Å². The van der Waals surface area contributed by atoms with Crippen LogP contribution in [0.1, 0.15) is 98.3 Å². The fourth-order valence-corrected chi connectivity index (χ4v) is 5.15. The lowest BCUT2D eigenvalue weighted by Crippen LogP contribution is -2.61. The molecule has 0 aromatic heterocycles. The third-order valence-electron chi connectivity index (χ3n) is 7.22. The molecule has 158 valence electrons. The van der Waals surface area contributed by atoms with Crippen LogP contribution < -0.4 is 0 Å². The molecule has 2 aliphatic rings. The molecule has 3 heteroatoms. The van der Waals surface area contributed by atoms with Crippen LogP contribution >= 0.6 is 0 Å². The monoisotopic (exact) mass is 378 g/mol. The summed E-state index contributed by atoms with van der Waals surface area (Å²) >= 11 is 0. The average molecular weight is 379 g/mol. The van der Waals surface area contributed by atoms with Crippen molar-refractivity contribution in [2.75, 3.05) is 32.7 Å². The number of amides is 1. The summed E-state index contributed by atoms with van der Waals surface area (Å²) in [4.78, 5) is 17.7. The molecule has 2 atom stereocenters. The Bertz CT molecular complexity index is 420. The first-order chi connectivity index (χ1) is 13.0. The summed E-state index contributed by atoms with van der Waals surface area (Å²) in [7, 11) is 0. The smallest absolute Gasteiger partial charge is 0.225 e. The van der Waals surface area contributed by atoms with Crippen LogP contribution in [-0.2, 0) is 4.79 Å². The first kappa shape index (κ1) is 22.7. The Hall–Kier alpha value is -0.570. The maximum absolute atomic E-state index is 12.8. The maximum atomic E-state index is 12.8. The second kappa shape index (κ2) is 11.4. The van der Waals surface area contributed by atoms with Gasteiger partial charge in [0.05, 0.1) is 0 Å². The number of rotatable bonds is 12. The fraction of sp³-hybridized carbons (Fsp3) is 0.958. The number of likely N-dealkylation sites (tertiary alicyclic amines) is 2. The SMILES string of the molecule is CCCCC(C)CCCN1CC2(CCN(C(=O)C(CC)CCCC)CC2)C1. The van der Waals surface area contributed by atoms with E-state index in [1.165, 1.54) is 77.4 Å². The molecule has 0 N–H and O–H groups in total. The van der Waals surface area contributed by atoms with E-state index in [9.17, 15) is 4.79 Å². The van der Waals surface area contributed by atoms with Crippen LogP contribution in [0.2, 0.25) is 0 Å². The van der Waals surface area contributed by atoms with Gasteiger partial charge in [0.1, 0.15) is 0 Å². The minimum Gasteiger partial charge on any atom is -0.342 e. The molecule has 0 aromatic carbocycles. The highest BCUT2D eigenvalue weighted by Crippen LogP contribution is 2.41. The highest BCUT2D eigenvalue weighted by Gasteiger charge is 2.45. The van der Waals surface area contributed by atoms with Crippen molar-refractivity contribution in [3.05, 3.63) is 0 Å². The molecule has 2 unspecified atom stereocenters. The lowest BCUT2D eigenvalue weighted by atomic mass is 9.71. The standard InChI is InChI=1S/C24H46N2O/c1-5-8-11-21(4)12-10-16-25-19-24(20-25)14-17-26(18-15-24)23(27)22(7-3)13-9-6-2/h21-22H,5-20H2,1-4H3. The molecule has 2 rings (SSSR count). The average Bonchev–Trinajstić information content (AvgIpc) is 2.66. The summed E-state index contributed by atoms with van der Waals surface area (Å²) < 4.78 is 0. The van der Waals surface area contributed by atoms with E-state index >= 15 is 0 Å². The van der Waals surface area contributed by atoms with Crippen molar-refractivity contribution >= 4 is 5.91 Å². The Morgan fingerprint density at radius 1 is 0.926 bits per heavy atom. The van der Waals surface area contributed by atoms with Crippen LogP contribution in [0.4, 0.5) is 0 Å².